The van der Waals surface area contributed by atoms with E-state index >= 15 is 0 Å². The van der Waals surface area contributed by atoms with Gasteiger partial charge in [0.25, 0.3) is 0 Å². The lowest BCUT2D eigenvalue weighted by molar-refractivity contribution is -0.139. The van der Waals surface area contributed by atoms with E-state index in [1.54, 1.807) is 0 Å². The third-order valence-corrected chi connectivity index (χ3v) is 4.10. The molecule has 112 valence electrons. The number of halogens is 4. The Hall–Kier alpha value is -0.750. The van der Waals surface area contributed by atoms with E-state index in [1.807, 2.05) is 0 Å². The van der Waals surface area contributed by atoms with Crippen LogP contribution in [0.1, 0.15) is 37.7 Å². The summed E-state index contributed by atoms with van der Waals surface area (Å²) in [4.78, 5) is 0. The molecular formula is C14H17BrF3NO. The van der Waals surface area contributed by atoms with Crippen LogP contribution in [0, 0.1) is 0 Å². The molecule has 0 spiro atoms. The van der Waals surface area contributed by atoms with Gasteiger partial charge in [0.05, 0.1) is 11.1 Å². The zero-order chi connectivity index (χ0) is 14.8. The zero-order valence-corrected chi connectivity index (χ0v) is 12.6. The van der Waals surface area contributed by atoms with Crippen LogP contribution in [0.4, 0.5) is 13.2 Å². The average molecular weight is 352 g/mol. The molecule has 0 unspecified atom stereocenters. The minimum atomic E-state index is -4.44. The Labute approximate surface area is 124 Å². The second kappa shape index (κ2) is 5.93. The minimum Gasteiger partial charge on any atom is -0.491 e. The summed E-state index contributed by atoms with van der Waals surface area (Å²) in [6, 6.07) is 3.90. The highest BCUT2D eigenvalue weighted by molar-refractivity contribution is 9.10. The highest BCUT2D eigenvalue weighted by atomic mass is 79.9. The molecule has 2 N–H and O–H groups in total. The number of nitrogens with two attached hydrogens (primary N) is 1. The van der Waals surface area contributed by atoms with Crippen molar-refractivity contribution in [1.82, 2.24) is 0 Å². The Morgan fingerprint density at radius 2 is 1.85 bits per heavy atom. The van der Waals surface area contributed by atoms with Gasteiger partial charge in [0.2, 0.25) is 0 Å². The molecule has 1 saturated carbocycles. The fourth-order valence-electron chi connectivity index (χ4n) is 2.47. The number of hydrogen-bond acceptors (Lipinski definition) is 2. The molecule has 0 aromatic heterocycles. The van der Waals surface area contributed by atoms with Gasteiger partial charge in [0.1, 0.15) is 12.4 Å². The lowest BCUT2D eigenvalue weighted by Gasteiger charge is -2.33. The fraction of sp³-hybridized carbons (Fsp3) is 0.571. The number of hydrogen-bond donors (Lipinski definition) is 1. The molecule has 0 heterocycles. The van der Waals surface area contributed by atoms with Gasteiger partial charge in [-0.15, -0.1) is 0 Å². The summed E-state index contributed by atoms with van der Waals surface area (Å²) >= 11 is 3.05. The summed E-state index contributed by atoms with van der Waals surface area (Å²) in [6.45, 7) is 0.123. The first-order valence-corrected chi connectivity index (χ1v) is 7.38. The van der Waals surface area contributed by atoms with E-state index in [-0.39, 0.29) is 12.4 Å². The SMILES string of the molecule is NC1(COc2ccc(Br)cc2C(F)(F)F)CCCCC1. The van der Waals surface area contributed by atoms with Gasteiger partial charge in [-0.1, -0.05) is 35.2 Å². The topological polar surface area (TPSA) is 35.2 Å². The Kier molecular flexibility index (Phi) is 4.64. The standard InChI is InChI=1S/C14H17BrF3NO/c15-10-4-5-12(11(8-10)14(16,17)18)20-9-13(19)6-2-1-3-7-13/h4-5,8H,1-3,6-7,9,19H2. The van der Waals surface area contributed by atoms with Crippen LogP contribution in [0.3, 0.4) is 0 Å². The molecule has 0 saturated heterocycles. The summed E-state index contributed by atoms with van der Waals surface area (Å²) < 4.78 is 44.6. The molecule has 0 bridgehead atoms. The van der Waals surface area contributed by atoms with Crippen molar-refractivity contribution in [3.63, 3.8) is 0 Å². The van der Waals surface area contributed by atoms with Gasteiger partial charge in [0, 0.05) is 4.47 Å². The third kappa shape index (κ3) is 3.88. The van der Waals surface area contributed by atoms with Gasteiger partial charge in [0.15, 0.2) is 0 Å². The predicted molar refractivity (Wildman–Crippen MR) is 74.6 cm³/mol. The molecular weight excluding hydrogens is 335 g/mol. The summed E-state index contributed by atoms with van der Waals surface area (Å²) in [7, 11) is 0. The summed E-state index contributed by atoms with van der Waals surface area (Å²) in [5, 5.41) is 0. The van der Waals surface area contributed by atoms with Gasteiger partial charge >= 0.3 is 6.18 Å². The van der Waals surface area contributed by atoms with E-state index < -0.39 is 17.3 Å². The fourth-order valence-corrected chi connectivity index (χ4v) is 2.83. The van der Waals surface area contributed by atoms with Gasteiger partial charge in [-0.05, 0) is 31.0 Å². The van der Waals surface area contributed by atoms with Crippen LogP contribution >= 0.6 is 15.9 Å². The van der Waals surface area contributed by atoms with E-state index in [2.05, 4.69) is 15.9 Å². The Morgan fingerprint density at radius 1 is 1.20 bits per heavy atom. The molecule has 1 aliphatic carbocycles. The Morgan fingerprint density at radius 3 is 2.45 bits per heavy atom. The maximum absolute atomic E-state index is 13.0. The van der Waals surface area contributed by atoms with Crippen molar-refractivity contribution in [2.24, 2.45) is 5.73 Å². The van der Waals surface area contributed by atoms with Gasteiger partial charge < -0.3 is 10.5 Å². The average Bonchev–Trinajstić information content (AvgIpc) is 2.37. The maximum atomic E-state index is 13.0. The highest BCUT2D eigenvalue weighted by Gasteiger charge is 2.35. The second-order valence-corrected chi connectivity index (χ2v) is 6.27. The van der Waals surface area contributed by atoms with Crippen molar-refractivity contribution >= 4 is 15.9 Å². The molecule has 1 fully saturated rings. The molecule has 1 aliphatic rings. The molecule has 20 heavy (non-hydrogen) atoms. The van der Waals surface area contributed by atoms with E-state index in [0.29, 0.717) is 4.47 Å². The van der Waals surface area contributed by atoms with Crippen LogP contribution in [0.2, 0.25) is 0 Å². The molecule has 0 radical (unpaired) electrons. The lowest BCUT2D eigenvalue weighted by Crippen LogP contribution is -2.47. The van der Waals surface area contributed by atoms with Gasteiger partial charge in [-0.2, -0.15) is 13.2 Å². The monoisotopic (exact) mass is 351 g/mol. The quantitative estimate of drug-likeness (QED) is 0.869. The summed E-state index contributed by atoms with van der Waals surface area (Å²) in [6.07, 6.45) is 0.298. The van der Waals surface area contributed by atoms with Crippen molar-refractivity contribution < 1.29 is 17.9 Å². The molecule has 0 amide bonds. The number of alkyl halides is 3. The normalized spacial score (nSPS) is 18.9. The van der Waals surface area contributed by atoms with E-state index in [1.165, 1.54) is 12.1 Å². The van der Waals surface area contributed by atoms with Crippen molar-refractivity contribution in [2.45, 2.75) is 43.8 Å². The first kappa shape index (κ1) is 15.6. The van der Waals surface area contributed by atoms with Crippen molar-refractivity contribution in [3.8, 4) is 5.75 Å². The number of ether oxygens (including phenoxy) is 1. The van der Waals surface area contributed by atoms with Crippen molar-refractivity contribution in [3.05, 3.63) is 28.2 Å². The van der Waals surface area contributed by atoms with Gasteiger partial charge in [-0.3, -0.25) is 0 Å². The van der Waals surface area contributed by atoms with Crippen LogP contribution in [0.5, 0.6) is 5.75 Å². The molecule has 0 atom stereocenters. The zero-order valence-electron chi connectivity index (χ0n) is 11.0. The molecule has 2 nitrogen and oxygen atoms in total. The first-order chi connectivity index (χ1) is 9.30. The summed E-state index contributed by atoms with van der Waals surface area (Å²) in [5.74, 6) is -0.156. The molecule has 1 aromatic carbocycles. The third-order valence-electron chi connectivity index (χ3n) is 3.61. The van der Waals surface area contributed by atoms with E-state index in [9.17, 15) is 13.2 Å². The molecule has 0 aliphatic heterocycles. The van der Waals surface area contributed by atoms with Crippen molar-refractivity contribution in [1.29, 1.82) is 0 Å². The molecule has 6 heteroatoms. The number of rotatable bonds is 3. The van der Waals surface area contributed by atoms with E-state index in [0.717, 1.165) is 38.2 Å². The predicted octanol–water partition coefficient (Wildman–Crippen LogP) is 4.51. The van der Waals surface area contributed by atoms with E-state index in [4.69, 9.17) is 10.5 Å². The Bertz CT molecular complexity index is 470. The largest absolute Gasteiger partial charge is 0.491 e. The lowest BCUT2D eigenvalue weighted by atomic mass is 9.83. The smallest absolute Gasteiger partial charge is 0.420 e. The van der Waals surface area contributed by atoms with Crippen LogP contribution in [0.15, 0.2) is 22.7 Å². The van der Waals surface area contributed by atoms with Crippen LogP contribution in [-0.2, 0) is 6.18 Å². The van der Waals surface area contributed by atoms with Crippen molar-refractivity contribution in [2.75, 3.05) is 6.61 Å². The van der Waals surface area contributed by atoms with Gasteiger partial charge in [-0.25, -0.2) is 0 Å². The minimum absolute atomic E-state index is 0.123. The second-order valence-electron chi connectivity index (χ2n) is 5.35. The Balaban J connectivity index is 2.13. The maximum Gasteiger partial charge on any atom is 0.420 e. The summed E-state index contributed by atoms with van der Waals surface area (Å²) in [5.41, 5.74) is 4.90. The van der Waals surface area contributed by atoms with Crippen LogP contribution in [0.25, 0.3) is 0 Å². The first-order valence-electron chi connectivity index (χ1n) is 6.59. The molecule has 1 aromatic rings. The molecule has 2 rings (SSSR count). The number of benzene rings is 1. The van der Waals surface area contributed by atoms with Crippen LogP contribution < -0.4 is 10.5 Å². The highest BCUT2D eigenvalue weighted by Crippen LogP contribution is 2.38. The van der Waals surface area contributed by atoms with Crippen LogP contribution in [-0.4, -0.2) is 12.1 Å².